The summed E-state index contributed by atoms with van der Waals surface area (Å²) in [5.74, 6) is 0.861. The van der Waals surface area contributed by atoms with Crippen LogP contribution in [0.1, 0.15) is 5.56 Å². The minimum Gasteiger partial charge on any atom is -0.497 e. The molecule has 0 unspecified atom stereocenters. The smallest absolute Gasteiger partial charge is 0.118 e. The van der Waals surface area contributed by atoms with Crippen molar-refractivity contribution in [2.24, 2.45) is 4.99 Å². The van der Waals surface area contributed by atoms with Crippen LogP contribution in [0.25, 0.3) is 11.3 Å². The number of methoxy groups -OCH3 is 1. The van der Waals surface area contributed by atoms with E-state index in [9.17, 15) is 0 Å². The Balaban J connectivity index is 1.53. The van der Waals surface area contributed by atoms with Gasteiger partial charge < -0.3 is 15.0 Å². The van der Waals surface area contributed by atoms with Gasteiger partial charge in [0, 0.05) is 18.3 Å². The highest BCUT2D eigenvalue weighted by molar-refractivity contribution is 5.65. The molecule has 2 N–H and O–H groups in total. The third-order valence-electron chi connectivity index (χ3n) is 3.43. The van der Waals surface area contributed by atoms with Gasteiger partial charge in [0.2, 0.25) is 0 Å². The topological polar surface area (TPSA) is 62.3 Å². The first-order valence-electron chi connectivity index (χ1n) is 7.33. The van der Waals surface area contributed by atoms with Crippen LogP contribution in [-0.4, -0.2) is 23.4 Å². The van der Waals surface area contributed by atoms with E-state index in [4.69, 9.17) is 4.74 Å². The average Bonchev–Trinajstić information content (AvgIpc) is 3.14. The fraction of sp³-hybridized carbons (Fsp3) is 0.111. The Morgan fingerprint density at radius 1 is 1.13 bits per heavy atom. The zero-order valence-electron chi connectivity index (χ0n) is 12.9. The first-order valence-corrected chi connectivity index (χ1v) is 7.33. The van der Waals surface area contributed by atoms with Gasteiger partial charge in [0.25, 0.3) is 0 Å². The molecule has 5 nitrogen and oxygen atoms in total. The summed E-state index contributed by atoms with van der Waals surface area (Å²) >= 11 is 0. The number of aliphatic imine (C=N–C) groups is 1. The van der Waals surface area contributed by atoms with Crippen LogP contribution in [0.4, 0.5) is 5.69 Å². The van der Waals surface area contributed by atoms with E-state index in [0.29, 0.717) is 0 Å². The summed E-state index contributed by atoms with van der Waals surface area (Å²) in [7, 11) is 1.66. The van der Waals surface area contributed by atoms with Gasteiger partial charge >= 0.3 is 0 Å². The number of hydrogen-bond acceptors (Lipinski definition) is 3. The molecule has 5 heteroatoms. The molecule has 0 fully saturated rings. The number of aromatic amines is 1. The summed E-state index contributed by atoms with van der Waals surface area (Å²) in [4.78, 5) is 11.6. The van der Waals surface area contributed by atoms with Crippen molar-refractivity contribution in [3.05, 3.63) is 66.6 Å². The molecule has 23 heavy (non-hydrogen) atoms. The maximum Gasteiger partial charge on any atom is 0.118 e. The highest BCUT2D eigenvalue weighted by Gasteiger charge is 1.98. The van der Waals surface area contributed by atoms with Gasteiger partial charge in [0.05, 0.1) is 31.2 Å². The summed E-state index contributed by atoms with van der Waals surface area (Å²) < 4.78 is 5.14. The zero-order valence-corrected chi connectivity index (χ0v) is 12.9. The van der Waals surface area contributed by atoms with Gasteiger partial charge in [-0.15, -0.1) is 0 Å². The zero-order chi connectivity index (χ0) is 15.9. The van der Waals surface area contributed by atoms with Crippen molar-refractivity contribution in [1.82, 2.24) is 15.3 Å². The first-order chi connectivity index (χ1) is 11.3. The molecule has 0 amide bonds. The van der Waals surface area contributed by atoms with Crippen molar-refractivity contribution in [1.29, 1.82) is 0 Å². The van der Waals surface area contributed by atoms with Crippen LogP contribution in [0.3, 0.4) is 0 Å². The molecule has 0 aliphatic carbocycles. The Hall–Kier alpha value is -3.08. The molecule has 0 atom stereocenters. The Bertz CT molecular complexity index is 747. The second kappa shape index (κ2) is 7.26. The van der Waals surface area contributed by atoms with Gasteiger partial charge in [-0.2, -0.15) is 0 Å². The summed E-state index contributed by atoms with van der Waals surface area (Å²) in [5.41, 5.74) is 4.06. The van der Waals surface area contributed by atoms with E-state index in [1.54, 1.807) is 19.8 Å². The molecule has 0 spiro atoms. The lowest BCUT2D eigenvalue weighted by atomic mass is 10.1. The number of aromatic nitrogens is 2. The number of benzene rings is 2. The quantitative estimate of drug-likeness (QED) is 0.541. The molecular weight excluding hydrogens is 288 g/mol. The molecule has 0 radical (unpaired) electrons. The van der Waals surface area contributed by atoms with Crippen LogP contribution in [0.5, 0.6) is 5.75 Å². The predicted molar refractivity (Wildman–Crippen MR) is 92.0 cm³/mol. The maximum atomic E-state index is 5.14. The molecule has 0 aliphatic rings. The van der Waals surface area contributed by atoms with Gasteiger partial charge in [-0.05, 0) is 29.8 Å². The van der Waals surface area contributed by atoms with E-state index in [2.05, 4.69) is 20.3 Å². The number of nitrogens with one attached hydrogen (secondary N) is 2. The minimum atomic E-state index is 0.721. The molecular formula is C18H18N4O. The van der Waals surface area contributed by atoms with Crippen molar-refractivity contribution in [2.75, 3.05) is 7.11 Å². The molecule has 0 bridgehead atoms. The first kappa shape index (κ1) is 14.8. The largest absolute Gasteiger partial charge is 0.497 e. The van der Waals surface area contributed by atoms with Crippen LogP contribution in [-0.2, 0) is 6.54 Å². The van der Waals surface area contributed by atoms with E-state index in [0.717, 1.165) is 29.2 Å². The van der Waals surface area contributed by atoms with Crippen LogP contribution in [0.2, 0.25) is 0 Å². The van der Waals surface area contributed by atoms with E-state index in [1.165, 1.54) is 5.56 Å². The van der Waals surface area contributed by atoms with E-state index < -0.39 is 0 Å². The molecule has 1 heterocycles. The normalized spacial score (nSPS) is 10.8. The lowest BCUT2D eigenvalue weighted by Crippen LogP contribution is -2.09. The van der Waals surface area contributed by atoms with E-state index >= 15 is 0 Å². The summed E-state index contributed by atoms with van der Waals surface area (Å²) in [6.07, 6.45) is 5.26. The van der Waals surface area contributed by atoms with Crippen LogP contribution in [0, 0.1) is 0 Å². The lowest BCUT2D eigenvalue weighted by Gasteiger charge is -2.03. The molecule has 0 saturated heterocycles. The van der Waals surface area contributed by atoms with Crippen molar-refractivity contribution in [3.8, 4) is 17.0 Å². The second-order valence-corrected chi connectivity index (χ2v) is 4.99. The number of ether oxygens (including phenoxy) is 1. The molecule has 0 saturated carbocycles. The molecule has 3 rings (SSSR count). The number of hydrogen-bond donors (Lipinski definition) is 2. The monoisotopic (exact) mass is 306 g/mol. The molecule has 3 aromatic rings. The standard InChI is InChI=1S/C18H18N4O/c1-23-17-8-2-14(3-9-17)10-19-12-21-16-6-4-15(5-7-16)18-11-20-13-22-18/h2-9,11-13H,10H2,1H3,(H,19,21)(H,20,22). The van der Waals surface area contributed by atoms with Crippen molar-refractivity contribution in [2.45, 2.75) is 6.54 Å². The highest BCUT2D eigenvalue weighted by atomic mass is 16.5. The summed E-state index contributed by atoms with van der Waals surface area (Å²) in [5, 5.41) is 3.18. The number of H-pyrrole nitrogens is 1. The minimum absolute atomic E-state index is 0.721. The van der Waals surface area contributed by atoms with Crippen LogP contribution >= 0.6 is 0 Å². The Morgan fingerprint density at radius 3 is 2.57 bits per heavy atom. The SMILES string of the molecule is COc1ccc(CNC=Nc2ccc(-c3c[nH]cn3)cc2)cc1. The van der Waals surface area contributed by atoms with Crippen LogP contribution in [0.15, 0.2) is 66.0 Å². The molecule has 1 aromatic heterocycles. The Kier molecular flexibility index (Phi) is 4.69. The number of rotatable bonds is 6. The van der Waals surface area contributed by atoms with Crippen molar-refractivity contribution < 1.29 is 4.74 Å². The number of imidazole rings is 1. The van der Waals surface area contributed by atoms with Gasteiger partial charge in [0.1, 0.15) is 5.75 Å². The van der Waals surface area contributed by atoms with Gasteiger partial charge in [-0.25, -0.2) is 9.98 Å². The fourth-order valence-corrected chi connectivity index (χ4v) is 2.16. The van der Waals surface area contributed by atoms with E-state index in [-0.39, 0.29) is 0 Å². The van der Waals surface area contributed by atoms with Crippen molar-refractivity contribution >= 4 is 12.0 Å². The second-order valence-electron chi connectivity index (χ2n) is 4.99. The van der Waals surface area contributed by atoms with Gasteiger partial charge in [0.15, 0.2) is 0 Å². The summed E-state index contributed by atoms with van der Waals surface area (Å²) in [6.45, 7) is 0.721. The van der Waals surface area contributed by atoms with Gasteiger partial charge in [-0.1, -0.05) is 24.3 Å². The average molecular weight is 306 g/mol. The Morgan fingerprint density at radius 2 is 1.91 bits per heavy atom. The lowest BCUT2D eigenvalue weighted by molar-refractivity contribution is 0.414. The molecule has 2 aromatic carbocycles. The van der Waals surface area contributed by atoms with Crippen molar-refractivity contribution in [3.63, 3.8) is 0 Å². The number of nitrogens with zero attached hydrogens (tertiary/aromatic N) is 2. The fourth-order valence-electron chi connectivity index (χ4n) is 2.16. The summed E-state index contributed by atoms with van der Waals surface area (Å²) in [6, 6.07) is 15.9. The maximum absolute atomic E-state index is 5.14. The highest BCUT2D eigenvalue weighted by Crippen LogP contribution is 2.20. The van der Waals surface area contributed by atoms with E-state index in [1.807, 2.05) is 54.7 Å². The van der Waals surface area contributed by atoms with Crippen LogP contribution < -0.4 is 10.1 Å². The predicted octanol–water partition coefficient (Wildman–Crippen LogP) is 3.53. The molecule has 116 valence electrons. The Labute approximate surface area is 135 Å². The third-order valence-corrected chi connectivity index (χ3v) is 3.43. The molecule has 0 aliphatic heterocycles. The van der Waals surface area contributed by atoms with Gasteiger partial charge in [-0.3, -0.25) is 0 Å². The third kappa shape index (κ3) is 3.97.